The van der Waals surface area contributed by atoms with E-state index in [-0.39, 0.29) is 11.8 Å². The number of hydrogen-bond donors (Lipinski definition) is 1. The second-order valence-corrected chi connectivity index (χ2v) is 7.23. The van der Waals surface area contributed by atoms with Gasteiger partial charge in [-0.1, -0.05) is 19.1 Å². The molecule has 0 bridgehead atoms. The quantitative estimate of drug-likeness (QED) is 0.879. The van der Waals surface area contributed by atoms with Crippen molar-refractivity contribution in [3.63, 3.8) is 0 Å². The number of piperazine rings is 1. The molecule has 2 heterocycles. The van der Waals surface area contributed by atoms with Gasteiger partial charge in [0.25, 0.3) is 5.91 Å². The van der Waals surface area contributed by atoms with E-state index in [1.807, 2.05) is 34.1 Å². The van der Waals surface area contributed by atoms with Crippen molar-refractivity contribution in [1.82, 2.24) is 9.80 Å². The van der Waals surface area contributed by atoms with E-state index in [1.165, 1.54) is 5.56 Å². The monoisotopic (exact) mass is 359 g/mol. The number of carbonyl (C=O) groups excluding carboxylic acids is 2. The Hall–Kier alpha value is -1.92. The van der Waals surface area contributed by atoms with Gasteiger partial charge >= 0.3 is 0 Å². The van der Waals surface area contributed by atoms with Gasteiger partial charge in [0.15, 0.2) is 0 Å². The molecule has 2 amide bonds. The van der Waals surface area contributed by atoms with Crippen molar-refractivity contribution >= 4 is 11.8 Å². The highest BCUT2D eigenvalue weighted by molar-refractivity contribution is 5.94. The Kier molecular flexibility index (Phi) is 5.94. The van der Waals surface area contributed by atoms with Crippen LogP contribution in [0.4, 0.5) is 0 Å². The molecule has 0 saturated carbocycles. The predicted molar refractivity (Wildman–Crippen MR) is 99.8 cm³/mol. The zero-order chi connectivity index (χ0) is 18.6. The molecule has 0 unspecified atom stereocenters. The molecule has 2 fully saturated rings. The highest BCUT2D eigenvalue weighted by Crippen LogP contribution is 2.32. The lowest BCUT2D eigenvalue weighted by Gasteiger charge is -2.42. The minimum Gasteiger partial charge on any atom is -0.381 e. The summed E-state index contributed by atoms with van der Waals surface area (Å²) in [6, 6.07) is 7.79. The topological polar surface area (TPSA) is 75.9 Å². The third kappa shape index (κ3) is 3.76. The van der Waals surface area contributed by atoms with Gasteiger partial charge in [-0.15, -0.1) is 0 Å². The molecule has 2 N–H and O–H groups in total. The minimum absolute atomic E-state index is 0.0411. The van der Waals surface area contributed by atoms with E-state index in [0.29, 0.717) is 64.3 Å². The highest BCUT2D eigenvalue weighted by atomic mass is 16.5. The first kappa shape index (κ1) is 18.9. The van der Waals surface area contributed by atoms with Crippen LogP contribution < -0.4 is 5.73 Å². The summed E-state index contributed by atoms with van der Waals surface area (Å²) in [5.74, 6) is 0.169. The molecule has 0 radical (unpaired) electrons. The number of aryl methyl sites for hydroxylation is 1. The summed E-state index contributed by atoms with van der Waals surface area (Å²) in [5.41, 5.74) is 7.40. The molecular formula is C20H29N3O3. The molecule has 2 saturated heterocycles. The van der Waals surface area contributed by atoms with E-state index < -0.39 is 5.41 Å². The summed E-state index contributed by atoms with van der Waals surface area (Å²) in [4.78, 5) is 29.4. The molecule has 6 heteroatoms. The Balaban J connectivity index is 1.59. The Morgan fingerprint density at radius 1 is 1.04 bits per heavy atom. The standard InChI is InChI=1S/C20H29N3O3/c1-2-16-3-5-17(6-4-16)18(24)22-9-11-23(12-10-22)19(25)20(15-21)7-13-26-14-8-20/h3-6H,2,7-15,21H2,1H3. The maximum absolute atomic E-state index is 13.0. The molecule has 0 aromatic heterocycles. The molecule has 1 aromatic rings. The smallest absolute Gasteiger partial charge is 0.253 e. The van der Waals surface area contributed by atoms with Crippen molar-refractivity contribution < 1.29 is 14.3 Å². The first-order valence-electron chi connectivity index (χ1n) is 9.55. The van der Waals surface area contributed by atoms with Crippen molar-refractivity contribution in [3.8, 4) is 0 Å². The highest BCUT2D eigenvalue weighted by Gasteiger charge is 2.42. The van der Waals surface area contributed by atoms with Gasteiger partial charge in [-0.3, -0.25) is 9.59 Å². The van der Waals surface area contributed by atoms with E-state index in [9.17, 15) is 9.59 Å². The fourth-order valence-corrected chi connectivity index (χ4v) is 3.78. The van der Waals surface area contributed by atoms with Crippen LogP contribution in [0, 0.1) is 5.41 Å². The minimum atomic E-state index is -0.486. The lowest BCUT2D eigenvalue weighted by molar-refractivity contribution is -0.148. The second kappa shape index (κ2) is 8.18. The maximum atomic E-state index is 13.0. The van der Waals surface area contributed by atoms with Crippen LogP contribution >= 0.6 is 0 Å². The number of ether oxygens (including phenoxy) is 1. The lowest BCUT2D eigenvalue weighted by Crippen LogP contribution is -2.57. The van der Waals surface area contributed by atoms with Gasteiger partial charge in [0, 0.05) is 51.5 Å². The van der Waals surface area contributed by atoms with Crippen LogP contribution in [0.2, 0.25) is 0 Å². The van der Waals surface area contributed by atoms with Crippen LogP contribution in [0.5, 0.6) is 0 Å². The average Bonchev–Trinajstić information content (AvgIpc) is 2.73. The number of amides is 2. The Labute approximate surface area is 155 Å². The van der Waals surface area contributed by atoms with Crippen molar-refractivity contribution in [1.29, 1.82) is 0 Å². The summed E-state index contributed by atoms with van der Waals surface area (Å²) in [5, 5.41) is 0. The SMILES string of the molecule is CCc1ccc(C(=O)N2CCN(C(=O)C3(CN)CCOCC3)CC2)cc1. The molecule has 2 aliphatic rings. The number of carbonyl (C=O) groups is 2. The summed E-state index contributed by atoms with van der Waals surface area (Å²) < 4.78 is 5.40. The maximum Gasteiger partial charge on any atom is 0.253 e. The number of nitrogens with two attached hydrogens (primary N) is 1. The van der Waals surface area contributed by atoms with Crippen LogP contribution in [-0.2, 0) is 16.0 Å². The third-order valence-corrected chi connectivity index (χ3v) is 5.76. The molecular weight excluding hydrogens is 330 g/mol. The van der Waals surface area contributed by atoms with E-state index >= 15 is 0 Å². The average molecular weight is 359 g/mol. The molecule has 0 spiro atoms. The van der Waals surface area contributed by atoms with Gasteiger partial charge in [0.05, 0.1) is 5.41 Å². The van der Waals surface area contributed by atoms with E-state index in [0.717, 1.165) is 6.42 Å². The first-order valence-corrected chi connectivity index (χ1v) is 9.55. The van der Waals surface area contributed by atoms with E-state index in [4.69, 9.17) is 10.5 Å². The van der Waals surface area contributed by atoms with Crippen molar-refractivity contribution in [2.75, 3.05) is 45.9 Å². The van der Waals surface area contributed by atoms with Crippen molar-refractivity contribution in [3.05, 3.63) is 35.4 Å². The van der Waals surface area contributed by atoms with Gasteiger partial charge < -0.3 is 20.3 Å². The zero-order valence-electron chi connectivity index (χ0n) is 15.6. The number of nitrogens with zero attached hydrogens (tertiary/aromatic N) is 2. The Morgan fingerprint density at radius 3 is 2.15 bits per heavy atom. The molecule has 0 aliphatic carbocycles. The van der Waals surface area contributed by atoms with Gasteiger partial charge in [0.2, 0.25) is 5.91 Å². The number of rotatable bonds is 4. The fourth-order valence-electron chi connectivity index (χ4n) is 3.78. The van der Waals surface area contributed by atoms with Crippen molar-refractivity contribution in [2.45, 2.75) is 26.2 Å². The summed E-state index contributed by atoms with van der Waals surface area (Å²) in [6.45, 7) is 5.91. The predicted octanol–water partition coefficient (Wildman–Crippen LogP) is 1.29. The summed E-state index contributed by atoms with van der Waals surface area (Å²) in [7, 11) is 0. The Bertz CT molecular complexity index is 630. The van der Waals surface area contributed by atoms with Gasteiger partial charge in [-0.2, -0.15) is 0 Å². The number of hydrogen-bond acceptors (Lipinski definition) is 4. The first-order chi connectivity index (χ1) is 12.6. The van der Waals surface area contributed by atoms with Crippen LogP contribution in [0.25, 0.3) is 0 Å². The van der Waals surface area contributed by atoms with Crippen LogP contribution in [-0.4, -0.2) is 67.6 Å². The normalized spacial score (nSPS) is 20.1. The number of benzene rings is 1. The molecule has 6 nitrogen and oxygen atoms in total. The molecule has 2 aliphatic heterocycles. The zero-order valence-corrected chi connectivity index (χ0v) is 15.6. The van der Waals surface area contributed by atoms with E-state index in [1.54, 1.807) is 0 Å². The van der Waals surface area contributed by atoms with Crippen LogP contribution in [0.15, 0.2) is 24.3 Å². The molecule has 1 aromatic carbocycles. The molecule has 0 atom stereocenters. The third-order valence-electron chi connectivity index (χ3n) is 5.76. The van der Waals surface area contributed by atoms with Gasteiger partial charge in [0.1, 0.15) is 0 Å². The molecule has 142 valence electrons. The lowest BCUT2D eigenvalue weighted by atomic mass is 9.78. The molecule has 3 rings (SSSR count). The summed E-state index contributed by atoms with van der Waals surface area (Å²) >= 11 is 0. The Morgan fingerprint density at radius 2 is 1.62 bits per heavy atom. The van der Waals surface area contributed by atoms with Crippen LogP contribution in [0.3, 0.4) is 0 Å². The van der Waals surface area contributed by atoms with Crippen LogP contribution in [0.1, 0.15) is 35.7 Å². The van der Waals surface area contributed by atoms with Gasteiger partial charge in [-0.05, 0) is 37.0 Å². The van der Waals surface area contributed by atoms with Crippen molar-refractivity contribution in [2.24, 2.45) is 11.1 Å². The second-order valence-electron chi connectivity index (χ2n) is 7.23. The van der Waals surface area contributed by atoms with Gasteiger partial charge in [-0.25, -0.2) is 0 Å². The molecule has 26 heavy (non-hydrogen) atoms. The van der Waals surface area contributed by atoms with E-state index in [2.05, 4.69) is 6.92 Å². The summed E-state index contributed by atoms with van der Waals surface area (Å²) in [6.07, 6.45) is 2.33. The fraction of sp³-hybridized carbons (Fsp3) is 0.600. The largest absolute Gasteiger partial charge is 0.381 e.